The van der Waals surface area contributed by atoms with Gasteiger partial charge in [0.05, 0.1) is 0 Å². The first-order valence-corrected chi connectivity index (χ1v) is 7.99. The highest BCUT2D eigenvalue weighted by molar-refractivity contribution is 9.10. The van der Waals surface area contributed by atoms with E-state index in [9.17, 15) is 0 Å². The number of hydrogen-bond donors (Lipinski definition) is 1. The van der Waals surface area contributed by atoms with Crippen LogP contribution < -0.4 is 5.32 Å². The molecule has 0 saturated carbocycles. The summed E-state index contributed by atoms with van der Waals surface area (Å²) in [5, 5.41) is 4.05. The van der Waals surface area contributed by atoms with E-state index in [0.29, 0.717) is 6.04 Å². The Bertz CT molecular complexity index is 574. The van der Waals surface area contributed by atoms with E-state index in [1.165, 1.54) is 10.5 Å². The molecule has 2 aromatic carbocycles. The van der Waals surface area contributed by atoms with Crippen LogP contribution in [0.4, 0.5) is 0 Å². The average Bonchev–Trinajstić information content (AvgIpc) is 2.40. The van der Waals surface area contributed by atoms with Crippen LogP contribution in [0.1, 0.15) is 18.5 Å². The summed E-state index contributed by atoms with van der Waals surface area (Å²) < 4.78 is 1.10. The van der Waals surface area contributed by atoms with Crippen molar-refractivity contribution in [1.82, 2.24) is 5.32 Å². The maximum Gasteiger partial charge on any atom is 0.0417 e. The van der Waals surface area contributed by atoms with Crippen LogP contribution in [0.5, 0.6) is 0 Å². The maximum absolute atomic E-state index is 6.03. The summed E-state index contributed by atoms with van der Waals surface area (Å²) in [6, 6.07) is 14.6. The minimum absolute atomic E-state index is 0.305. The van der Waals surface area contributed by atoms with Gasteiger partial charge in [0.2, 0.25) is 0 Å². The third-order valence-corrected chi connectivity index (χ3v) is 4.70. The molecule has 19 heavy (non-hydrogen) atoms. The minimum atomic E-state index is 0.305. The van der Waals surface area contributed by atoms with Gasteiger partial charge in [-0.2, -0.15) is 0 Å². The molecule has 0 aliphatic rings. The summed E-state index contributed by atoms with van der Waals surface area (Å²) in [5.74, 6) is 0. The second-order valence-corrected chi connectivity index (χ2v) is 6.72. The molecule has 2 rings (SSSR count). The molecule has 1 N–H and O–H groups in total. The van der Waals surface area contributed by atoms with E-state index in [1.54, 1.807) is 11.8 Å². The molecule has 4 heteroatoms. The monoisotopic (exact) mass is 355 g/mol. The fraction of sp³-hybridized carbons (Fsp3) is 0.200. The lowest BCUT2D eigenvalue weighted by Gasteiger charge is -2.16. The van der Waals surface area contributed by atoms with E-state index in [2.05, 4.69) is 52.4 Å². The Hall–Kier alpha value is -0.480. The highest BCUT2D eigenvalue weighted by Gasteiger charge is 2.11. The molecule has 0 fully saturated rings. The van der Waals surface area contributed by atoms with Gasteiger partial charge in [-0.3, -0.25) is 0 Å². The van der Waals surface area contributed by atoms with E-state index in [-0.39, 0.29) is 0 Å². The predicted molar refractivity (Wildman–Crippen MR) is 87.2 cm³/mol. The zero-order chi connectivity index (χ0) is 13.8. The molecule has 0 aliphatic heterocycles. The standard InChI is InChI=1S/C15H15BrClNS/c1-10(18-2)14-8-11(16)6-7-15(14)19-13-5-3-4-12(17)9-13/h3-10,18H,1-2H3. The van der Waals surface area contributed by atoms with Crippen molar-refractivity contribution in [2.45, 2.75) is 22.8 Å². The van der Waals surface area contributed by atoms with E-state index in [0.717, 1.165) is 14.4 Å². The topological polar surface area (TPSA) is 12.0 Å². The number of benzene rings is 2. The van der Waals surface area contributed by atoms with Gasteiger partial charge in [0.1, 0.15) is 0 Å². The summed E-state index contributed by atoms with van der Waals surface area (Å²) in [4.78, 5) is 2.40. The quantitative estimate of drug-likeness (QED) is 0.772. The summed E-state index contributed by atoms with van der Waals surface area (Å²) in [6.45, 7) is 2.16. The van der Waals surface area contributed by atoms with Crippen molar-refractivity contribution in [1.29, 1.82) is 0 Å². The van der Waals surface area contributed by atoms with Gasteiger partial charge in [-0.05, 0) is 55.9 Å². The fourth-order valence-electron chi connectivity index (χ4n) is 1.76. The number of hydrogen-bond acceptors (Lipinski definition) is 2. The molecule has 0 aromatic heterocycles. The van der Waals surface area contributed by atoms with E-state index in [4.69, 9.17) is 11.6 Å². The molecule has 0 heterocycles. The molecule has 0 spiro atoms. The molecule has 0 aliphatic carbocycles. The van der Waals surface area contributed by atoms with Gasteiger partial charge in [-0.25, -0.2) is 0 Å². The first kappa shape index (κ1) is 14.9. The maximum atomic E-state index is 6.03. The lowest BCUT2D eigenvalue weighted by atomic mass is 10.1. The molecule has 0 amide bonds. The molecule has 1 unspecified atom stereocenters. The second kappa shape index (κ2) is 6.80. The largest absolute Gasteiger partial charge is 0.313 e. The molecule has 100 valence electrons. The Morgan fingerprint density at radius 3 is 2.68 bits per heavy atom. The van der Waals surface area contributed by atoms with Gasteiger partial charge >= 0.3 is 0 Å². The predicted octanol–water partition coefficient (Wildman–Crippen LogP) is 5.53. The van der Waals surface area contributed by atoms with E-state index in [1.807, 2.05) is 25.2 Å². The van der Waals surface area contributed by atoms with Crippen LogP contribution in [0.3, 0.4) is 0 Å². The first-order chi connectivity index (χ1) is 9.10. The Kier molecular flexibility index (Phi) is 5.34. The number of halogens is 2. The first-order valence-electron chi connectivity index (χ1n) is 6.00. The van der Waals surface area contributed by atoms with Crippen molar-refractivity contribution < 1.29 is 0 Å². The molecule has 1 atom stereocenters. The molecular formula is C15H15BrClNS. The van der Waals surface area contributed by atoms with Crippen molar-refractivity contribution in [3.05, 3.63) is 57.5 Å². The summed E-state index contributed by atoms with van der Waals surface area (Å²) in [5.41, 5.74) is 1.28. The normalized spacial score (nSPS) is 12.4. The molecule has 0 saturated heterocycles. The minimum Gasteiger partial charge on any atom is -0.313 e. The Morgan fingerprint density at radius 2 is 2.00 bits per heavy atom. The lowest BCUT2D eigenvalue weighted by molar-refractivity contribution is 0.641. The summed E-state index contributed by atoms with van der Waals surface area (Å²) in [7, 11) is 1.97. The van der Waals surface area contributed by atoms with Crippen LogP contribution >= 0.6 is 39.3 Å². The number of nitrogens with one attached hydrogen (secondary N) is 1. The molecular weight excluding hydrogens is 342 g/mol. The number of rotatable bonds is 4. The van der Waals surface area contributed by atoms with Gasteiger partial charge in [0.15, 0.2) is 0 Å². The third kappa shape index (κ3) is 3.99. The molecule has 2 aromatic rings. The van der Waals surface area contributed by atoms with E-state index >= 15 is 0 Å². The highest BCUT2D eigenvalue weighted by atomic mass is 79.9. The van der Waals surface area contributed by atoms with Crippen molar-refractivity contribution >= 4 is 39.3 Å². The van der Waals surface area contributed by atoms with Gasteiger partial charge in [-0.1, -0.05) is 45.4 Å². The Balaban J connectivity index is 2.34. The Morgan fingerprint density at radius 1 is 1.21 bits per heavy atom. The summed E-state index contributed by atoms with van der Waals surface area (Å²) >= 11 is 11.3. The van der Waals surface area contributed by atoms with Crippen molar-refractivity contribution in [3.8, 4) is 0 Å². The SMILES string of the molecule is CNC(C)c1cc(Br)ccc1Sc1cccc(Cl)c1. The van der Waals surface area contributed by atoms with Crippen LogP contribution in [0.25, 0.3) is 0 Å². The zero-order valence-corrected chi connectivity index (χ0v) is 13.9. The van der Waals surface area contributed by atoms with Crippen LogP contribution in [0.15, 0.2) is 56.7 Å². The zero-order valence-electron chi connectivity index (χ0n) is 10.8. The van der Waals surface area contributed by atoms with Crippen molar-refractivity contribution in [3.63, 3.8) is 0 Å². The second-order valence-electron chi connectivity index (χ2n) is 4.25. The van der Waals surface area contributed by atoms with Gasteiger partial charge in [0.25, 0.3) is 0 Å². The van der Waals surface area contributed by atoms with Crippen LogP contribution in [-0.2, 0) is 0 Å². The summed E-state index contributed by atoms with van der Waals surface area (Å²) in [6.07, 6.45) is 0. The third-order valence-electron chi connectivity index (χ3n) is 2.90. The van der Waals surface area contributed by atoms with Crippen molar-refractivity contribution in [2.75, 3.05) is 7.05 Å². The van der Waals surface area contributed by atoms with Crippen LogP contribution in [0.2, 0.25) is 5.02 Å². The molecule has 1 nitrogen and oxygen atoms in total. The van der Waals surface area contributed by atoms with Crippen LogP contribution in [0, 0.1) is 0 Å². The Labute approximate surface area is 131 Å². The molecule has 0 bridgehead atoms. The van der Waals surface area contributed by atoms with Crippen molar-refractivity contribution in [2.24, 2.45) is 0 Å². The van der Waals surface area contributed by atoms with E-state index < -0.39 is 0 Å². The highest BCUT2D eigenvalue weighted by Crippen LogP contribution is 2.35. The lowest BCUT2D eigenvalue weighted by Crippen LogP contribution is -2.13. The van der Waals surface area contributed by atoms with Gasteiger partial charge in [0, 0.05) is 25.3 Å². The van der Waals surface area contributed by atoms with Crippen LogP contribution in [-0.4, -0.2) is 7.05 Å². The molecule has 0 radical (unpaired) electrons. The average molecular weight is 357 g/mol. The smallest absolute Gasteiger partial charge is 0.0417 e. The fourth-order valence-corrected chi connectivity index (χ4v) is 3.47. The van der Waals surface area contributed by atoms with Gasteiger partial charge < -0.3 is 5.32 Å². The van der Waals surface area contributed by atoms with Gasteiger partial charge in [-0.15, -0.1) is 0 Å².